The lowest BCUT2D eigenvalue weighted by molar-refractivity contribution is -0.119. The highest BCUT2D eigenvalue weighted by Gasteiger charge is 2.19. The molecule has 0 atom stereocenters. The van der Waals surface area contributed by atoms with E-state index in [1.807, 2.05) is 74.5 Å². The van der Waals surface area contributed by atoms with Crippen molar-refractivity contribution in [1.82, 2.24) is 9.55 Å². The predicted molar refractivity (Wildman–Crippen MR) is 119 cm³/mol. The molecule has 1 amide bonds. The van der Waals surface area contributed by atoms with Crippen molar-refractivity contribution in [2.75, 3.05) is 11.4 Å². The number of hydrogen-bond acceptors (Lipinski definition) is 4. The van der Waals surface area contributed by atoms with Crippen LogP contribution in [-0.4, -0.2) is 22.0 Å². The normalized spacial score (nSPS) is 11.0. The topological polar surface area (TPSA) is 55.2 Å². The Labute approximate surface area is 172 Å². The number of carbonyl (C=O) groups is 1. The Hall–Kier alpha value is -3.25. The number of rotatable bonds is 5. The summed E-state index contributed by atoms with van der Waals surface area (Å²) in [6, 6.07) is 19.5. The number of aryl methyl sites for hydroxylation is 1. The minimum absolute atomic E-state index is 0.0412. The number of benzene rings is 2. The van der Waals surface area contributed by atoms with Gasteiger partial charge in [-0.25, -0.2) is 4.98 Å². The Morgan fingerprint density at radius 1 is 1.07 bits per heavy atom. The van der Waals surface area contributed by atoms with E-state index in [4.69, 9.17) is 0 Å². The van der Waals surface area contributed by atoms with E-state index in [0.29, 0.717) is 16.8 Å². The van der Waals surface area contributed by atoms with Crippen LogP contribution in [0.5, 0.6) is 0 Å². The summed E-state index contributed by atoms with van der Waals surface area (Å²) in [7, 11) is 0. The molecule has 6 heteroatoms. The summed E-state index contributed by atoms with van der Waals surface area (Å²) in [6.07, 6.45) is 1.48. The second-order valence-electron chi connectivity index (χ2n) is 6.75. The zero-order chi connectivity index (χ0) is 20.4. The third-order valence-corrected chi connectivity index (χ3v) is 6.19. The first kappa shape index (κ1) is 19.1. The van der Waals surface area contributed by atoms with Crippen LogP contribution in [0.2, 0.25) is 0 Å². The predicted octanol–water partition coefficient (Wildman–Crippen LogP) is 4.49. The number of hydrogen-bond donors (Lipinski definition) is 0. The molecule has 0 aliphatic carbocycles. The number of amides is 1. The van der Waals surface area contributed by atoms with Gasteiger partial charge in [0.15, 0.2) is 0 Å². The second-order valence-corrected chi connectivity index (χ2v) is 7.75. The van der Waals surface area contributed by atoms with Crippen LogP contribution in [0.4, 0.5) is 5.69 Å². The van der Waals surface area contributed by atoms with E-state index in [-0.39, 0.29) is 18.0 Å². The SMILES string of the molecule is CCN(C(=O)Cn1cnc2sc(-c3ccccc3)c(C)c2c1=O)c1ccccc1. The minimum Gasteiger partial charge on any atom is -0.311 e. The smallest absolute Gasteiger partial charge is 0.262 e. The van der Waals surface area contributed by atoms with Crippen LogP contribution in [0.25, 0.3) is 20.7 Å². The zero-order valence-electron chi connectivity index (χ0n) is 16.3. The third-order valence-electron chi connectivity index (χ3n) is 4.94. The molecule has 0 spiro atoms. The Balaban J connectivity index is 1.70. The Bertz CT molecular complexity index is 1210. The molecule has 5 nitrogen and oxygen atoms in total. The van der Waals surface area contributed by atoms with Gasteiger partial charge in [-0.2, -0.15) is 0 Å². The Morgan fingerprint density at radius 2 is 1.72 bits per heavy atom. The first-order chi connectivity index (χ1) is 14.1. The highest BCUT2D eigenvalue weighted by molar-refractivity contribution is 7.22. The van der Waals surface area contributed by atoms with E-state index >= 15 is 0 Å². The fourth-order valence-electron chi connectivity index (χ4n) is 3.48. The van der Waals surface area contributed by atoms with Gasteiger partial charge < -0.3 is 4.90 Å². The number of likely N-dealkylation sites (N-methyl/N-ethyl adjacent to an activating group) is 1. The molecule has 2 aromatic carbocycles. The quantitative estimate of drug-likeness (QED) is 0.493. The highest BCUT2D eigenvalue weighted by atomic mass is 32.1. The van der Waals surface area contributed by atoms with Gasteiger partial charge in [-0.05, 0) is 37.1 Å². The average Bonchev–Trinajstić information content (AvgIpc) is 3.09. The summed E-state index contributed by atoms with van der Waals surface area (Å²) >= 11 is 1.51. The van der Waals surface area contributed by atoms with Crippen molar-refractivity contribution in [2.24, 2.45) is 0 Å². The molecule has 0 aliphatic heterocycles. The number of carbonyl (C=O) groups excluding carboxylic acids is 1. The largest absolute Gasteiger partial charge is 0.311 e. The van der Waals surface area contributed by atoms with Crippen molar-refractivity contribution in [1.29, 1.82) is 0 Å². The molecule has 0 saturated carbocycles. The molecule has 0 fully saturated rings. The molecule has 29 heavy (non-hydrogen) atoms. The maximum absolute atomic E-state index is 13.1. The average molecular weight is 404 g/mol. The maximum Gasteiger partial charge on any atom is 0.262 e. The van der Waals surface area contributed by atoms with E-state index in [9.17, 15) is 9.59 Å². The molecular formula is C23H21N3O2S. The lowest BCUT2D eigenvalue weighted by atomic mass is 10.1. The third kappa shape index (κ3) is 3.59. The van der Waals surface area contributed by atoms with Crippen LogP contribution in [0.1, 0.15) is 12.5 Å². The number of aromatic nitrogens is 2. The van der Waals surface area contributed by atoms with Crippen LogP contribution in [-0.2, 0) is 11.3 Å². The molecule has 4 rings (SSSR count). The van der Waals surface area contributed by atoms with Gasteiger partial charge in [-0.3, -0.25) is 14.2 Å². The summed E-state index contributed by atoms with van der Waals surface area (Å²) in [5.74, 6) is -0.141. The van der Waals surface area contributed by atoms with Gasteiger partial charge in [-0.15, -0.1) is 11.3 Å². The standard InChI is InChI=1S/C23H21N3O2S/c1-3-26(18-12-8-5-9-13-18)19(27)14-25-15-24-22-20(23(25)28)16(2)21(29-22)17-10-6-4-7-11-17/h4-13,15H,3,14H2,1-2H3. The zero-order valence-corrected chi connectivity index (χ0v) is 17.1. The molecule has 146 valence electrons. The molecule has 0 saturated heterocycles. The van der Waals surface area contributed by atoms with Crippen LogP contribution < -0.4 is 10.5 Å². The van der Waals surface area contributed by atoms with Gasteiger partial charge in [0.05, 0.1) is 11.7 Å². The van der Waals surface area contributed by atoms with Crippen molar-refractivity contribution >= 4 is 33.1 Å². The number of fused-ring (bicyclic) bond motifs is 1. The summed E-state index contributed by atoms with van der Waals surface area (Å²) in [6.45, 7) is 4.35. The fraction of sp³-hybridized carbons (Fsp3) is 0.174. The number of para-hydroxylation sites is 1. The van der Waals surface area contributed by atoms with Gasteiger partial charge in [-0.1, -0.05) is 48.5 Å². The second kappa shape index (κ2) is 8.01. The van der Waals surface area contributed by atoms with Crippen molar-refractivity contribution in [3.8, 4) is 10.4 Å². The van der Waals surface area contributed by atoms with Crippen molar-refractivity contribution in [3.63, 3.8) is 0 Å². The minimum atomic E-state index is -0.177. The molecule has 0 aliphatic rings. The van der Waals surface area contributed by atoms with Crippen molar-refractivity contribution in [3.05, 3.63) is 82.9 Å². The molecule has 0 unspecified atom stereocenters. The lowest BCUT2D eigenvalue weighted by Gasteiger charge is -2.21. The first-order valence-corrected chi connectivity index (χ1v) is 10.3. The Morgan fingerprint density at radius 3 is 2.38 bits per heavy atom. The molecule has 2 heterocycles. The molecular weight excluding hydrogens is 382 g/mol. The molecule has 0 radical (unpaired) electrons. The van der Waals surface area contributed by atoms with Crippen LogP contribution in [0.15, 0.2) is 71.8 Å². The molecule has 0 bridgehead atoms. The first-order valence-electron chi connectivity index (χ1n) is 9.49. The van der Waals surface area contributed by atoms with Crippen LogP contribution >= 0.6 is 11.3 Å². The van der Waals surface area contributed by atoms with Crippen LogP contribution in [0.3, 0.4) is 0 Å². The summed E-state index contributed by atoms with van der Waals surface area (Å²) in [5, 5.41) is 0.590. The van der Waals surface area contributed by atoms with Gasteiger partial charge in [0.1, 0.15) is 11.4 Å². The maximum atomic E-state index is 13.1. The van der Waals surface area contributed by atoms with E-state index in [1.54, 1.807) is 4.90 Å². The Kier molecular flexibility index (Phi) is 5.27. The molecule has 4 aromatic rings. The number of anilines is 1. The van der Waals surface area contributed by atoms with E-state index in [2.05, 4.69) is 4.98 Å². The van der Waals surface area contributed by atoms with Gasteiger partial charge >= 0.3 is 0 Å². The summed E-state index contributed by atoms with van der Waals surface area (Å²) in [4.78, 5) is 33.9. The lowest BCUT2D eigenvalue weighted by Crippen LogP contribution is -2.36. The fourth-order valence-corrected chi connectivity index (χ4v) is 4.62. The monoisotopic (exact) mass is 403 g/mol. The summed E-state index contributed by atoms with van der Waals surface area (Å²) < 4.78 is 1.41. The van der Waals surface area contributed by atoms with Crippen molar-refractivity contribution in [2.45, 2.75) is 20.4 Å². The number of thiophene rings is 1. The highest BCUT2D eigenvalue weighted by Crippen LogP contribution is 2.35. The molecule has 2 aromatic heterocycles. The van der Waals surface area contributed by atoms with Crippen molar-refractivity contribution < 1.29 is 4.79 Å². The number of nitrogens with zero attached hydrogens (tertiary/aromatic N) is 3. The van der Waals surface area contributed by atoms with Crippen LogP contribution in [0, 0.1) is 6.92 Å². The van der Waals surface area contributed by atoms with Gasteiger partial charge in [0.2, 0.25) is 5.91 Å². The van der Waals surface area contributed by atoms with Gasteiger partial charge in [0.25, 0.3) is 5.56 Å². The van der Waals surface area contributed by atoms with E-state index in [0.717, 1.165) is 21.7 Å². The van der Waals surface area contributed by atoms with Gasteiger partial charge in [0, 0.05) is 17.1 Å². The van der Waals surface area contributed by atoms with E-state index in [1.165, 1.54) is 22.2 Å². The molecule has 0 N–H and O–H groups in total. The van der Waals surface area contributed by atoms with E-state index < -0.39 is 0 Å². The summed E-state index contributed by atoms with van der Waals surface area (Å²) in [5.41, 5.74) is 2.62.